The number of urea groups is 1. The summed E-state index contributed by atoms with van der Waals surface area (Å²) in [7, 11) is 1.51. The van der Waals surface area contributed by atoms with Crippen LogP contribution < -0.4 is 20.9 Å². The van der Waals surface area contributed by atoms with Crippen LogP contribution >= 0.6 is 0 Å². The van der Waals surface area contributed by atoms with Crippen molar-refractivity contribution in [3.05, 3.63) is 59.4 Å². The number of anilines is 1. The topological polar surface area (TPSA) is 62.4 Å². The molecule has 122 valence electrons. The summed E-state index contributed by atoms with van der Waals surface area (Å²) in [5, 5.41) is 2.51. The molecule has 2 aromatic rings. The predicted octanol–water partition coefficient (Wildman–Crippen LogP) is 2.94. The molecule has 0 aromatic heterocycles. The normalized spacial score (nSPS) is 10.1. The minimum Gasteiger partial charge on any atom is -0.496 e. The molecular formula is C15H14F3N3O2. The number of hydrogen-bond donors (Lipinski definition) is 3. The average Bonchev–Trinajstić information content (AvgIpc) is 2.57. The lowest BCUT2D eigenvalue weighted by Crippen LogP contribution is -2.39. The molecule has 0 aliphatic carbocycles. The molecule has 23 heavy (non-hydrogen) atoms. The van der Waals surface area contributed by atoms with Crippen molar-refractivity contribution in [2.45, 2.75) is 6.54 Å². The number of para-hydroxylation sites is 1. The van der Waals surface area contributed by atoms with E-state index in [1.54, 1.807) is 24.3 Å². The molecule has 0 saturated carbocycles. The van der Waals surface area contributed by atoms with Gasteiger partial charge in [-0.05, 0) is 18.2 Å². The second kappa shape index (κ2) is 7.39. The number of rotatable bonds is 5. The van der Waals surface area contributed by atoms with Crippen molar-refractivity contribution in [1.82, 2.24) is 10.7 Å². The Morgan fingerprint density at radius 1 is 1.09 bits per heavy atom. The van der Waals surface area contributed by atoms with Gasteiger partial charge in [-0.3, -0.25) is 10.9 Å². The highest BCUT2D eigenvalue weighted by Gasteiger charge is 2.13. The first-order chi connectivity index (χ1) is 11.0. The fraction of sp³-hybridized carbons (Fsp3) is 0.133. The van der Waals surface area contributed by atoms with E-state index in [9.17, 15) is 18.0 Å². The summed E-state index contributed by atoms with van der Waals surface area (Å²) in [4.78, 5) is 11.6. The smallest absolute Gasteiger partial charge is 0.333 e. The quantitative estimate of drug-likeness (QED) is 0.585. The van der Waals surface area contributed by atoms with Gasteiger partial charge in [-0.2, -0.15) is 0 Å². The number of nitrogens with one attached hydrogen (secondary N) is 3. The molecule has 2 aromatic carbocycles. The van der Waals surface area contributed by atoms with Crippen LogP contribution in [0, 0.1) is 17.5 Å². The summed E-state index contributed by atoms with van der Waals surface area (Å²) in [6.07, 6.45) is 0. The van der Waals surface area contributed by atoms with Crippen molar-refractivity contribution >= 4 is 11.7 Å². The number of halogens is 3. The van der Waals surface area contributed by atoms with E-state index in [0.717, 1.165) is 17.7 Å². The van der Waals surface area contributed by atoms with Crippen molar-refractivity contribution in [2.24, 2.45) is 0 Å². The third kappa shape index (κ3) is 4.06. The molecule has 0 fully saturated rings. The van der Waals surface area contributed by atoms with Gasteiger partial charge in [-0.15, -0.1) is 0 Å². The van der Waals surface area contributed by atoms with Gasteiger partial charge in [0.15, 0.2) is 17.5 Å². The highest BCUT2D eigenvalue weighted by atomic mass is 19.2. The molecule has 0 radical (unpaired) electrons. The molecule has 8 heteroatoms. The van der Waals surface area contributed by atoms with Crippen LogP contribution in [0.15, 0.2) is 36.4 Å². The van der Waals surface area contributed by atoms with E-state index in [4.69, 9.17) is 4.74 Å². The lowest BCUT2D eigenvalue weighted by atomic mass is 10.2. The van der Waals surface area contributed by atoms with E-state index in [0.29, 0.717) is 5.75 Å². The number of carbonyl (C=O) groups excluding carboxylic acids is 1. The molecule has 0 saturated heterocycles. The third-order valence-electron chi connectivity index (χ3n) is 2.98. The summed E-state index contributed by atoms with van der Waals surface area (Å²) in [6.45, 7) is 0.164. The van der Waals surface area contributed by atoms with Gasteiger partial charge in [-0.1, -0.05) is 18.2 Å². The monoisotopic (exact) mass is 325 g/mol. The lowest BCUT2D eigenvalue weighted by Gasteiger charge is -2.12. The number of benzene rings is 2. The first kappa shape index (κ1) is 16.5. The molecule has 2 rings (SSSR count). The summed E-state index contributed by atoms with van der Waals surface area (Å²) in [6, 6.07) is 8.11. The number of hydrazine groups is 1. The maximum Gasteiger partial charge on any atom is 0.333 e. The Morgan fingerprint density at radius 3 is 2.57 bits per heavy atom. The maximum absolute atomic E-state index is 13.4. The molecular weight excluding hydrogens is 311 g/mol. The summed E-state index contributed by atoms with van der Waals surface area (Å²) in [5.74, 6) is -3.75. The molecule has 0 aliphatic rings. The largest absolute Gasteiger partial charge is 0.496 e. The van der Waals surface area contributed by atoms with Crippen LogP contribution in [0.4, 0.5) is 23.7 Å². The Bertz CT molecular complexity index is 710. The second-order valence-corrected chi connectivity index (χ2v) is 4.47. The molecule has 0 heterocycles. The molecule has 0 aliphatic heterocycles. The molecule has 0 bridgehead atoms. The Labute approximate surface area is 130 Å². The first-order valence-corrected chi connectivity index (χ1v) is 6.58. The van der Waals surface area contributed by atoms with Crippen molar-refractivity contribution in [3.8, 4) is 5.75 Å². The zero-order valence-electron chi connectivity index (χ0n) is 12.1. The second-order valence-electron chi connectivity index (χ2n) is 4.47. The maximum atomic E-state index is 13.4. The van der Waals surface area contributed by atoms with Gasteiger partial charge in [0.1, 0.15) is 5.75 Å². The van der Waals surface area contributed by atoms with Crippen molar-refractivity contribution in [1.29, 1.82) is 0 Å². The van der Waals surface area contributed by atoms with E-state index in [1.165, 1.54) is 7.11 Å². The van der Waals surface area contributed by atoms with Gasteiger partial charge in [0.25, 0.3) is 0 Å². The van der Waals surface area contributed by atoms with Crippen LogP contribution in [-0.4, -0.2) is 13.1 Å². The van der Waals surface area contributed by atoms with Crippen LogP contribution in [0.25, 0.3) is 0 Å². The van der Waals surface area contributed by atoms with Crippen LogP contribution in [0.5, 0.6) is 5.75 Å². The van der Waals surface area contributed by atoms with Crippen molar-refractivity contribution in [3.63, 3.8) is 0 Å². The van der Waals surface area contributed by atoms with Crippen molar-refractivity contribution < 1.29 is 22.7 Å². The highest BCUT2D eigenvalue weighted by Crippen LogP contribution is 2.19. The van der Waals surface area contributed by atoms with E-state index in [1.807, 2.05) is 0 Å². The first-order valence-electron chi connectivity index (χ1n) is 6.58. The fourth-order valence-corrected chi connectivity index (χ4v) is 1.82. The summed E-state index contributed by atoms with van der Waals surface area (Å²) in [5.41, 5.74) is 4.64. The van der Waals surface area contributed by atoms with E-state index in [-0.39, 0.29) is 6.54 Å². The molecule has 2 amide bonds. The van der Waals surface area contributed by atoms with Gasteiger partial charge in [0.05, 0.1) is 12.8 Å². The van der Waals surface area contributed by atoms with Crippen LogP contribution in [0.1, 0.15) is 5.56 Å². The zero-order valence-corrected chi connectivity index (χ0v) is 12.1. The van der Waals surface area contributed by atoms with Gasteiger partial charge >= 0.3 is 6.03 Å². The molecule has 0 atom stereocenters. The van der Waals surface area contributed by atoms with Crippen molar-refractivity contribution in [2.75, 3.05) is 12.5 Å². The molecule has 0 spiro atoms. The Hall–Kier alpha value is -2.90. The Balaban J connectivity index is 1.90. The number of carbonyl (C=O) groups is 1. The van der Waals surface area contributed by atoms with Gasteiger partial charge in [0.2, 0.25) is 0 Å². The fourth-order valence-electron chi connectivity index (χ4n) is 1.82. The Kier molecular flexibility index (Phi) is 5.29. The molecule has 5 nitrogen and oxygen atoms in total. The lowest BCUT2D eigenvalue weighted by molar-refractivity contribution is 0.242. The minimum atomic E-state index is -1.62. The average molecular weight is 325 g/mol. The van der Waals surface area contributed by atoms with E-state index >= 15 is 0 Å². The Morgan fingerprint density at radius 2 is 1.83 bits per heavy atom. The number of methoxy groups -OCH3 is 1. The number of amides is 2. The highest BCUT2D eigenvalue weighted by molar-refractivity contribution is 5.75. The summed E-state index contributed by atoms with van der Waals surface area (Å²) >= 11 is 0. The number of ether oxygens (including phenoxy) is 1. The van der Waals surface area contributed by atoms with E-state index in [2.05, 4.69) is 16.2 Å². The van der Waals surface area contributed by atoms with Crippen LogP contribution in [0.2, 0.25) is 0 Å². The zero-order chi connectivity index (χ0) is 16.8. The standard InChI is InChI=1S/C15H14F3N3O2/c1-23-12-5-3-2-4-9(12)8-19-15(22)21-20-11-7-6-10(16)13(17)14(11)18/h2-7,20H,8H2,1H3,(H2,19,21,22). The van der Waals surface area contributed by atoms with Gasteiger partial charge < -0.3 is 10.1 Å². The van der Waals surface area contributed by atoms with Crippen LogP contribution in [-0.2, 0) is 6.54 Å². The predicted molar refractivity (Wildman–Crippen MR) is 78.3 cm³/mol. The SMILES string of the molecule is COc1ccccc1CNC(=O)NNc1ccc(F)c(F)c1F. The molecule has 0 unspecified atom stereocenters. The van der Waals surface area contributed by atoms with Crippen LogP contribution in [0.3, 0.4) is 0 Å². The summed E-state index contributed by atoms with van der Waals surface area (Å²) < 4.78 is 44.3. The van der Waals surface area contributed by atoms with E-state index < -0.39 is 29.2 Å². The minimum absolute atomic E-state index is 0.164. The molecule has 3 N–H and O–H groups in total. The van der Waals surface area contributed by atoms with Gasteiger partial charge in [-0.25, -0.2) is 18.0 Å². The van der Waals surface area contributed by atoms with Gasteiger partial charge in [0, 0.05) is 12.1 Å². The number of hydrogen-bond acceptors (Lipinski definition) is 3. The third-order valence-corrected chi connectivity index (χ3v) is 2.98.